The van der Waals surface area contributed by atoms with Gasteiger partial charge in [-0.2, -0.15) is 15.0 Å². The Bertz CT molecular complexity index is 1010. The number of ether oxygens (including phenoxy) is 1. The number of pyridine rings is 1. The third-order valence-corrected chi connectivity index (χ3v) is 5.40. The zero-order valence-corrected chi connectivity index (χ0v) is 17.0. The van der Waals surface area contributed by atoms with E-state index in [9.17, 15) is 9.90 Å². The third-order valence-electron chi connectivity index (χ3n) is 5.40. The fourth-order valence-electron chi connectivity index (χ4n) is 3.75. The molecule has 3 heterocycles. The van der Waals surface area contributed by atoms with E-state index in [4.69, 9.17) is 4.74 Å². The SMILES string of the molecule is CC(O)c1cccnc1O[C@@H]1CC[C@@H](C)N(C(=O)c2ccccc2-n2nccn2)C1. The van der Waals surface area contributed by atoms with Crippen molar-refractivity contribution >= 4 is 5.91 Å². The lowest BCUT2D eigenvalue weighted by atomic mass is 9.99. The van der Waals surface area contributed by atoms with Gasteiger partial charge in [0.25, 0.3) is 5.91 Å². The summed E-state index contributed by atoms with van der Waals surface area (Å²) in [7, 11) is 0. The van der Waals surface area contributed by atoms with E-state index in [1.807, 2.05) is 30.0 Å². The third kappa shape index (κ3) is 4.04. The molecule has 3 atom stereocenters. The first-order valence-electron chi connectivity index (χ1n) is 10.1. The lowest BCUT2D eigenvalue weighted by Crippen LogP contribution is -2.49. The number of hydrogen-bond donors (Lipinski definition) is 1. The minimum atomic E-state index is -0.678. The Morgan fingerprint density at radius 2 is 1.90 bits per heavy atom. The summed E-state index contributed by atoms with van der Waals surface area (Å²) in [5, 5.41) is 18.3. The summed E-state index contributed by atoms with van der Waals surface area (Å²) in [5.74, 6) is 0.334. The van der Waals surface area contributed by atoms with Crippen LogP contribution in [0, 0.1) is 0 Å². The van der Waals surface area contributed by atoms with Crippen LogP contribution in [-0.2, 0) is 0 Å². The summed E-state index contributed by atoms with van der Waals surface area (Å²) in [4.78, 5) is 21.0. The molecule has 0 radical (unpaired) electrons. The standard InChI is InChI=1S/C22H25N5O3/c1-15-9-10-17(30-21-18(16(2)28)7-5-11-23-21)14-26(15)22(29)19-6-3-4-8-20(19)27-24-12-13-25-27/h3-8,11-13,15-17,28H,9-10,14H2,1-2H3/t15-,16?,17-/m1/s1. The molecule has 0 saturated carbocycles. The molecule has 1 N–H and O–H groups in total. The van der Waals surface area contributed by atoms with E-state index >= 15 is 0 Å². The number of carbonyl (C=O) groups excluding carboxylic acids is 1. The molecule has 1 saturated heterocycles. The van der Waals surface area contributed by atoms with Crippen LogP contribution in [0.4, 0.5) is 0 Å². The predicted octanol–water partition coefficient (Wildman–Crippen LogP) is 2.79. The highest BCUT2D eigenvalue weighted by molar-refractivity contribution is 5.98. The molecule has 1 aromatic carbocycles. The van der Waals surface area contributed by atoms with Gasteiger partial charge in [0.1, 0.15) is 6.10 Å². The molecule has 2 aromatic heterocycles. The molecule has 8 nitrogen and oxygen atoms in total. The summed E-state index contributed by atoms with van der Waals surface area (Å²) >= 11 is 0. The molecule has 1 unspecified atom stereocenters. The number of aliphatic hydroxyl groups excluding tert-OH is 1. The Labute approximate surface area is 175 Å². The Kier molecular flexibility index (Phi) is 5.76. The van der Waals surface area contributed by atoms with Gasteiger partial charge in [-0.15, -0.1) is 0 Å². The van der Waals surface area contributed by atoms with Crippen LogP contribution in [0.2, 0.25) is 0 Å². The monoisotopic (exact) mass is 407 g/mol. The number of carbonyl (C=O) groups is 1. The number of aromatic nitrogens is 4. The summed E-state index contributed by atoms with van der Waals surface area (Å²) < 4.78 is 6.12. The molecule has 1 amide bonds. The van der Waals surface area contributed by atoms with Gasteiger partial charge in [0.05, 0.1) is 36.3 Å². The number of nitrogens with zero attached hydrogens (tertiary/aromatic N) is 5. The van der Waals surface area contributed by atoms with E-state index in [1.54, 1.807) is 43.7 Å². The smallest absolute Gasteiger partial charge is 0.256 e. The van der Waals surface area contributed by atoms with E-state index in [1.165, 1.54) is 4.80 Å². The average molecular weight is 407 g/mol. The lowest BCUT2D eigenvalue weighted by molar-refractivity contribution is 0.0362. The van der Waals surface area contributed by atoms with Crippen molar-refractivity contribution in [2.75, 3.05) is 6.54 Å². The number of hydrogen-bond acceptors (Lipinski definition) is 6. The van der Waals surface area contributed by atoms with Crippen molar-refractivity contribution in [3.8, 4) is 11.6 Å². The molecule has 0 bridgehead atoms. The zero-order chi connectivity index (χ0) is 21.1. The van der Waals surface area contributed by atoms with Crippen molar-refractivity contribution in [3.63, 3.8) is 0 Å². The number of rotatable bonds is 5. The largest absolute Gasteiger partial charge is 0.472 e. The molecule has 156 valence electrons. The van der Waals surface area contributed by atoms with Crippen molar-refractivity contribution in [1.29, 1.82) is 0 Å². The van der Waals surface area contributed by atoms with Crippen LogP contribution in [0.3, 0.4) is 0 Å². The van der Waals surface area contributed by atoms with E-state index < -0.39 is 6.10 Å². The first kappa shape index (κ1) is 20.0. The highest BCUT2D eigenvalue weighted by atomic mass is 16.5. The molecule has 4 rings (SSSR count). The fourth-order valence-corrected chi connectivity index (χ4v) is 3.75. The van der Waals surface area contributed by atoms with Crippen LogP contribution >= 0.6 is 0 Å². The van der Waals surface area contributed by atoms with Crippen molar-refractivity contribution in [2.24, 2.45) is 0 Å². The predicted molar refractivity (Wildman–Crippen MR) is 110 cm³/mol. The number of amides is 1. The average Bonchev–Trinajstić information content (AvgIpc) is 3.30. The Morgan fingerprint density at radius 3 is 2.67 bits per heavy atom. The van der Waals surface area contributed by atoms with Crippen molar-refractivity contribution in [3.05, 3.63) is 66.1 Å². The molecule has 8 heteroatoms. The summed E-state index contributed by atoms with van der Waals surface area (Å²) in [6.45, 7) is 4.17. The minimum Gasteiger partial charge on any atom is -0.472 e. The number of benzene rings is 1. The van der Waals surface area contributed by atoms with Gasteiger partial charge in [0, 0.05) is 17.8 Å². The Balaban J connectivity index is 1.56. The summed E-state index contributed by atoms with van der Waals surface area (Å²) in [5.41, 5.74) is 1.83. The highest BCUT2D eigenvalue weighted by Gasteiger charge is 2.32. The van der Waals surface area contributed by atoms with Gasteiger partial charge < -0.3 is 14.7 Å². The number of aliphatic hydroxyl groups is 1. The maximum atomic E-state index is 13.4. The van der Waals surface area contributed by atoms with Gasteiger partial charge in [-0.25, -0.2) is 4.98 Å². The van der Waals surface area contributed by atoms with E-state index in [0.717, 1.165) is 12.8 Å². The molecule has 3 aromatic rings. The van der Waals surface area contributed by atoms with Crippen LogP contribution in [0.1, 0.15) is 48.7 Å². The van der Waals surface area contributed by atoms with Gasteiger partial charge in [-0.3, -0.25) is 4.79 Å². The minimum absolute atomic E-state index is 0.0796. The molecule has 30 heavy (non-hydrogen) atoms. The van der Waals surface area contributed by atoms with E-state index in [2.05, 4.69) is 15.2 Å². The van der Waals surface area contributed by atoms with Gasteiger partial charge in [-0.05, 0) is 51.0 Å². The first-order chi connectivity index (χ1) is 14.5. The van der Waals surface area contributed by atoms with Crippen LogP contribution < -0.4 is 4.74 Å². The summed E-state index contributed by atoms with van der Waals surface area (Å²) in [6.07, 6.45) is 5.55. The van der Waals surface area contributed by atoms with Crippen LogP contribution in [-0.4, -0.2) is 54.6 Å². The molecule has 0 spiro atoms. The number of para-hydroxylation sites is 1. The molecular formula is C22H25N5O3. The maximum absolute atomic E-state index is 13.4. The van der Waals surface area contributed by atoms with Gasteiger partial charge >= 0.3 is 0 Å². The van der Waals surface area contributed by atoms with Gasteiger partial charge in [0.2, 0.25) is 5.88 Å². The van der Waals surface area contributed by atoms with E-state index in [-0.39, 0.29) is 18.1 Å². The van der Waals surface area contributed by atoms with Gasteiger partial charge in [-0.1, -0.05) is 12.1 Å². The first-order valence-corrected chi connectivity index (χ1v) is 10.1. The molecular weight excluding hydrogens is 382 g/mol. The summed E-state index contributed by atoms with van der Waals surface area (Å²) in [6, 6.07) is 11.0. The molecule has 0 aliphatic carbocycles. The second-order valence-corrected chi connectivity index (χ2v) is 7.53. The topological polar surface area (TPSA) is 93.4 Å². The Morgan fingerprint density at radius 1 is 1.13 bits per heavy atom. The Hall–Kier alpha value is -3.26. The van der Waals surface area contributed by atoms with Gasteiger partial charge in [0.15, 0.2) is 0 Å². The molecule has 1 aliphatic rings. The van der Waals surface area contributed by atoms with Crippen LogP contribution in [0.25, 0.3) is 5.69 Å². The number of piperidine rings is 1. The van der Waals surface area contributed by atoms with Crippen LogP contribution in [0.5, 0.6) is 5.88 Å². The zero-order valence-electron chi connectivity index (χ0n) is 17.0. The van der Waals surface area contributed by atoms with Crippen LogP contribution in [0.15, 0.2) is 55.0 Å². The molecule has 1 fully saturated rings. The maximum Gasteiger partial charge on any atom is 0.256 e. The second-order valence-electron chi connectivity index (χ2n) is 7.53. The quantitative estimate of drug-likeness (QED) is 0.699. The van der Waals surface area contributed by atoms with E-state index in [0.29, 0.717) is 29.2 Å². The van der Waals surface area contributed by atoms with Crippen molar-refractivity contribution in [1.82, 2.24) is 24.9 Å². The normalized spacial score (nSPS) is 20.0. The molecule has 1 aliphatic heterocycles. The van der Waals surface area contributed by atoms with Crippen molar-refractivity contribution in [2.45, 2.75) is 44.9 Å². The number of likely N-dealkylation sites (tertiary alicyclic amines) is 1. The van der Waals surface area contributed by atoms with Crippen molar-refractivity contribution < 1.29 is 14.6 Å². The second kappa shape index (κ2) is 8.62. The fraction of sp³-hybridized carbons (Fsp3) is 0.364. The lowest BCUT2D eigenvalue weighted by Gasteiger charge is -2.38. The highest BCUT2D eigenvalue weighted by Crippen LogP contribution is 2.28.